The number of Topliss-reactive ketones (excluding diaryl/α,β-unsaturated/α-hetero) is 1. The normalized spacial score (nSPS) is 16.2. The van der Waals surface area contributed by atoms with E-state index in [-0.39, 0.29) is 11.5 Å². The molecule has 1 amide bonds. The number of nitrogens with zero attached hydrogens (tertiary/aromatic N) is 4. The zero-order valence-corrected chi connectivity index (χ0v) is 20.6. The Labute approximate surface area is 199 Å². The lowest BCUT2D eigenvalue weighted by molar-refractivity contribution is -0.117. The first kappa shape index (κ1) is 23.1. The number of aliphatic hydroxyl groups excluding tert-OH is 1. The molecule has 3 heterocycles. The maximum absolute atomic E-state index is 13.6. The summed E-state index contributed by atoms with van der Waals surface area (Å²) in [6, 6.07) is 6.28. The van der Waals surface area contributed by atoms with Crippen LogP contribution in [0.5, 0.6) is 5.75 Å². The van der Waals surface area contributed by atoms with E-state index in [0.29, 0.717) is 33.6 Å². The van der Waals surface area contributed by atoms with Gasteiger partial charge in [0.2, 0.25) is 10.9 Å². The quantitative estimate of drug-likeness (QED) is 0.475. The van der Waals surface area contributed by atoms with E-state index in [4.69, 9.17) is 4.74 Å². The lowest BCUT2D eigenvalue weighted by Gasteiger charge is -2.24. The number of aromatic nitrogens is 3. The van der Waals surface area contributed by atoms with Crippen molar-refractivity contribution in [2.24, 2.45) is 0 Å². The molecule has 0 unspecified atom stereocenters. The van der Waals surface area contributed by atoms with Gasteiger partial charge in [-0.1, -0.05) is 37.3 Å². The highest BCUT2D eigenvalue weighted by atomic mass is 32.1. The van der Waals surface area contributed by atoms with Crippen LogP contribution in [0, 0.1) is 13.8 Å². The second kappa shape index (κ2) is 9.03. The molecule has 0 spiro atoms. The third kappa shape index (κ3) is 4.16. The van der Waals surface area contributed by atoms with Crippen molar-refractivity contribution in [3.63, 3.8) is 0 Å². The Kier molecular flexibility index (Phi) is 6.31. The van der Waals surface area contributed by atoms with Crippen LogP contribution in [-0.2, 0) is 4.79 Å². The molecule has 172 valence electrons. The number of thiazole rings is 1. The molecule has 8 nitrogen and oxygen atoms in total. The molecule has 33 heavy (non-hydrogen) atoms. The van der Waals surface area contributed by atoms with Gasteiger partial charge in [0.15, 0.2) is 5.76 Å². The molecule has 0 fully saturated rings. The van der Waals surface area contributed by atoms with Gasteiger partial charge >= 0.3 is 0 Å². The van der Waals surface area contributed by atoms with Gasteiger partial charge in [-0.2, -0.15) is 0 Å². The van der Waals surface area contributed by atoms with Gasteiger partial charge in [-0.25, -0.2) is 4.98 Å². The van der Waals surface area contributed by atoms with E-state index in [1.807, 2.05) is 27.7 Å². The number of ketones is 1. The number of rotatable bonds is 7. The maximum atomic E-state index is 13.6. The third-order valence-electron chi connectivity index (χ3n) is 5.20. The Morgan fingerprint density at radius 3 is 2.42 bits per heavy atom. The average Bonchev–Trinajstić information content (AvgIpc) is 3.45. The predicted octanol–water partition coefficient (Wildman–Crippen LogP) is 4.92. The molecule has 10 heteroatoms. The Hall–Kier alpha value is -3.11. The summed E-state index contributed by atoms with van der Waals surface area (Å²) < 4.78 is 5.53. The molecule has 1 aromatic carbocycles. The molecule has 1 atom stereocenters. The van der Waals surface area contributed by atoms with Crippen LogP contribution in [0.1, 0.15) is 63.7 Å². The summed E-state index contributed by atoms with van der Waals surface area (Å²) in [6.45, 7) is 9.94. The Bertz CT molecular complexity index is 1240. The minimum atomic E-state index is -0.851. The number of ether oxygens (including phenoxy) is 1. The van der Waals surface area contributed by atoms with Crippen LogP contribution in [0.15, 0.2) is 35.6 Å². The van der Waals surface area contributed by atoms with E-state index in [1.54, 1.807) is 31.2 Å². The number of benzene rings is 1. The number of anilines is 1. The first-order valence-corrected chi connectivity index (χ1v) is 12.2. The number of carbonyl (C=O) groups is 2. The fourth-order valence-electron chi connectivity index (χ4n) is 3.68. The van der Waals surface area contributed by atoms with Crippen LogP contribution < -0.4 is 9.64 Å². The zero-order valence-electron chi connectivity index (χ0n) is 18.9. The molecular weight excluding hydrogens is 460 g/mol. The van der Waals surface area contributed by atoms with Crippen molar-refractivity contribution < 1.29 is 19.4 Å². The van der Waals surface area contributed by atoms with Gasteiger partial charge in [0.25, 0.3) is 5.91 Å². The van der Waals surface area contributed by atoms with Crippen molar-refractivity contribution >= 4 is 39.5 Å². The molecule has 4 rings (SSSR count). The number of hydrogen-bond donors (Lipinski definition) is 1. The number of hydrogen-bond acceptors (Lipinski definition) is 9. The van der Waals surface area contributed by atoms with Gasteiger partial charge < -0.3 is 9.84 Å². The maximum Gasteiger partial charge on any atom is 0.296 e. The lowest BCUT2D eigenvalue weighted by atomic mass is 9.95. The van der Waals surface area contributed by atoms with E-state index in [2.05, 4.69) is 15.2 Å². The van der Waals surface area contributed by atoms with Crippen molar-refractivity contribution in [2.45, 2.75) is 46.6 Å². The minimum Gasteiger partial charge on any atom is -0.503 e. The van der Waals surface area contributed by atoms with E-state index < -0.39 is 23.5 Å². The highest BCUT2D eigenvalue weighted by molar-refractivity contribution is 7.15. The van der Waals surface area contributed by atoms with E-state index in [1.165, 1.54) is 27.6 Å². The highest BCUT2D eigenvalue weighted by Gasteiger charge is 2.46. The molecular formula is C23H24N4O4S2. The number of amides is 1. The van der Waals surface area contributed by atoms with Crippen LogP contribution in [-0.4, -0.2) is 38.6 Å². The van der Waals surface area contributed by atoms with E-state index >= 15 is 0 Å². The molecule has 1 aliphatic rings. The van der Waals surface area contributed by atoms with Gasteiger partial charge in [0.05, 0.1) is 33.8 Å². The number of aryl methyl sites for hydroxylation is 2. The van der Waals surface area contributed by atoms with Gasteiger partial charge in [0, 0.05) is 5.92 Å². The minimum absolute atomic E-state index is 0.0113. The fraction of sp³-hybridized carbons (Fsp3) is 0.348. The topological polar surface area (TPSA) is 106 Å². The smallest absolute Gasteiger partial charge is 0.296 e. The second-order valence-corrected chi connectivity index (χ2v) is 10.1. The Morgan fingerprint density at radius 2 is 1.88 bits per heavy atom. The summed E-state index contributed by atoms with van der Waals surface area (Å²) in [7, 11) is 0. The van der Waals surface area contributed by atoms with Crippen LogP contribution in [0.3, 0.4) is 0 Å². The number of carbonyl (C=O) groups excluding carboxylic acids is 2. The summed E-state index contributed by atoms with van der Waals surface area (Å²) in [5.41, 5.74) is 1.23. The van der Waals surface area contributed by atoms with Gasteiger partial charge in [-0.15, -0.1) is 21.5 Å². The van der Waals surface area contributed by atoms with Crippen molar-refractivity contribution in [2.75, 3.05) is 11.5 Å². The average molecular weight is 485 g/mol. The number of aliphatic hydroxyl groups is 1. The molecule has 0 bridgehead atoms. The summed E-state index contributed by atoms with van der Waals surface area (Å²) in [4.78, 5) is 32.9. The summed E-state index contributed by atoms with van der Waals surface area (Å²) in [6.07, 6.45) is 0. The van der Waals surface area contributed by atoms with Crippen LogP contribution in [0.4, 0.5) is 5.13 Å². The third-order valence-corrected chi connectivity index (χ3v) is 7.49. The SMILES string of the molecule is CCOc1ccc([C@@H]2C(C(=O)c3sc(C)nc3C)=C(O)C(=O)N2c2nnc(C(C)C)s2)cc1. The Morgan fingerprint density at radius 1 is 1.18 bits per heavy atom. The van der Waals surface area contributed by atoms with E-state index in [9.17, 15) is 14.7 Å². The zero-order chi connectivity index (χ0) is 23.9. The molecule has 0 radical (unpaired) electrons. The van der Waals surface area contributed by atoms with Crippen molar-refractivity contribution in [1.82, 2.24) is 15.2 Å². The monoisotopic (exact) mass is 484 g/mol. The van der Waals surface area contributed by atoms with Gasteiger partial charge in [0.1, 0.15) is 10.8 Å². The van der Waals surface area contributed by atoms with Crippen LogP contribution in [0.2, 0.25) is 0 Å². The van der Waals surface area contributed by atoms with Gasteiger partial charge in [-0.3, -0.25) is 14.5 Å². The largest absolute Gasteiger partial charge is 0.503 e. The predicted molar refractivity (Wildman–Crippen MR) is 127 cm³/mol. The summed E-state index contributed by atoms with van der Waals surface area (Å²) in [5.74, 6) is -0.874. The summed E-state index contributed by atoms with van der Waals surface area (Å²) >= 11 is 2.51. The molecule has 2 aromatic heterocycles. The van der Waals surface area contributed by atoms with Crippen molar-refractivity contribution in [3.05, 3.63) is 61.7 Å². The molecule has 0 saturated carbocycles. The second-order valence-electron chi connectivity index (χ2n) is 7.90. The van der Waals surface area contributed by atoms with Crippen molar-refractivity contribution in [3.8, 4) is 5.75 Å². The molecule has 0 saturated heterocycles. The lowest BCUT2D eigenvalue weighted by Crippen LogP contribution is -2.31. The van der Waals surface area contributed by atoms with E-state index in [0.717, 1.165) is 10.0 Å². The molecule has 0 aliphatic carbocycles. The van der Waals surface area contributed by atoms with Gasteiger partial charge in [-0.05, 0) is 38.5 Å². The molecule has 1 aliphatic heterocycles. The van der Waals surface area contributed by atoms with Crippen LogP contribution in [0.25, 0.3) is 0 Å². The molecule has 3 aromatic rings. The highest BCUT2D eigenvalue weighted by Crippen LogP contribution is 2.44. The summed E-state index contributed by atoms with van der Waals surface area (Å²) in [5, 5.41) is 21.1. The first-order valence-electron chi connectivity index (χ1n) is 10.5. The first-order chi connectivity index (χ1) is 15.7. The molecule has 1 N–H and O–H groups in total. The van der Waals surface area contributed by atoms with Crippen molar-refractivity contribution in [1.29, 1.82) is 0 Å². The Balaban J connectivity index is 1.84. The fourth-order valence-corrected chi connectivity index (χ4v) is 5.43. The standard InChI is InChI=1S/C23H24N4O4S2/c1-6-31-15-9-7-14(8-10-15)17-16(18(28)20-12(4)24-13(5)32-20)19(29)22(30)27(17)23-26-25-21(33-23)11(2)3/h7-11,17,29H,6H2,1-5H3/t17-/m1/s1. The van der Waals surface area contributed by atoms with Crippen LogP contribution >= 0.6 is 22.7 Å².